The zero-order valence-electron chi connectivity index (χ0n) is 21.0. The largest absolute Gasteiger partial charge is 0.269 e. The van der Waals surface area contributed by atoms with Crippen LogP contribution >= 0.6 is 6.89 Å². The molecule has 0 aliphatic rings. The molecule has 0 aliphatic carbocycles. The molecular weight excluding hydrogens is 525 g/mol. The van der Waals surface area contributed by atoms with E-state index in [0.717, 1.165) is 15.9 Å². The molecule has 5 rings (SSSR count). The van der Waals surface area contributed by atoms with Gasteiger partial charge in [0.05, 0.1) is 15.3 Å². The minimum absolute atomic E-state index is 0.0957. The average molecular weight is 552 g/mol. The zero-order valence-corrected chi connectivity index (χ0v) is 22.7. The number of non-ortho nitro benzene ring substituents is 1. The summed E-state index contributed by atoms with van der Waals surface area (Å²) in [7, 11) is -3.97. The summed E-state index contributed by atoms with van der Waals surface area (Å²) in [6.07, 6.45) is 0. The molecule has 5 aromatic rings. The molecule has 0 amide bonds. The van der Waals surface area contributed by atoms with Crippen LogP contribution in [0.1, 0.15) is 11.1 Å². The average Bonchev–Trinajstić information content (AvgIpc) is 2.97. The van der Waals surface area contributed by atoms with Crippen LogP contribution in [-0.4, -0.2) is 18.0 Å². The van der Waals surface area contributed by atoms with Crippen molar-refractivity contribution in [2.24, 2.45) is 0 Å². The van der Waals surface area contributed by atoms with Gasteiger partial charge in [-0.1, -0.05) is 121 Å². The highest BCUT2D eigenvalue weighted by Gasteiger charge is 2.37. The van der Waals surface area contributed by atoms with Crippen molar-refractivity contribution in [1.29, 1.82) is 0 Å². The lowest BCUT2D eigenvalue weighted by Gasteiger charge is -2.33. The van der Waals surface area contributed by atoms with Gasteiger partial charge in [0.2, 0.25) is 0 Å². The molecular formula is C32H26NO4PS. The molecule has 0 unspecified atom stereocenters. The molecule has 0 spiro atoms. The van der Waals surface area contributed by atoms with Crippen LogP contribution in [-0.2, 0) is 15.6 Å². The maximum absolute atomic E-state index is 14.7. The Bertz CT molecular complexity index is 1640. The van der Waals surface area contributed by atoms with E-state index in [2.05, 4.69) is 0 Å². The Morgan fingerprint density at radius 2 is 0.974 bits per heavy atom. The molecule has 0 aliphatic heterocycles. The van der Waals surface area contributed by atoms with E-state index in [9.17, 15) is 18.5 Å². The highest BCUT2D eigenvalue weighted by molar-refractivity contribution is 8.20. The standard InChI is InChI=1S/C32H26NO4PS/c34-33(35)28-23-21-27(22-24-28)32(39(36,37)25-26-13-5-1-6-14-26)38(29-15-7-2-8-16-29,30-17-9-3-10-18-30)31-19-11-4-12-20-31/h1-24H,25H2. The zero-order chi connectivity index (χ0) is 27.3. The molecule has 0 saturated heterocycles. The smallest absolute Gasteiger partial charge is 0.258 e. The molecule has 0 N–H and O–H groups in total. The summed E-state index contributed by atoms with van der Waals surface area (Å²) in [4.78, 5) is 11.0. The molecule has 0 radical (unpaired) electrons. The molecule has 0 heterocycles. The summed E-state index contributed by atoms with van der Waals surface area (Å²) in [6.45, 7) is -3.02. The summed E-state index contributed by atoms with van der Waals surface area (Å²) in [5, 5.41) is 14.1. The van der Waals surface area contributed by atoms with Crippen molar-refractivity contribution in [3.8, 4) is 0 Å². The van der Waals surface area contributed by atoms with Crippen LogP contribution in [0.2, 0.25) is 0 Å². The minimum Gasteiger partial charge on any atom is -0.258 e. The Labute approximate surface area is 228 Å². The highest BCUT2D eigenvalue weighted by atomic mass is 32.2. The predicted molar refractivity (Wildman–Crippen MR) is 161 cm³/mol. The first-order chi connectivity index (χ1) is 18.9. The molecule has 0 atom stereocenters. The normalized spacial score (nSPS) is 11.6. The number of benzene rings is 5. The first-order valence-corrected chi connectivity index (χ1v) is 15.8. The SMILES string of the molecule is O=[N+]([O-])c1ccc(C(=P(c2ccccc2)(c2ccccc2)c2ccccc2)S(=O)(=O)Cc2ccccc2)cc1. The van der Waals surface area contributed by atoms with Crippen molar-refractivity contribution in [2.75, 3.05) is 0 Å². The number of rotatable bonds is 8. The molecule has 7 heteroatoms. The van der Waals surface area contributed by atoms with Gasteiger partial charge in [0, 0.05) is 12.1 Å². The van der Waals surface area contributed by atoms with Crippen LogP contribution < -0.4 is 15.9 Å². The summed E-state index contributed by atoms with van der Waals surface area (Å²) in [6, 6.07) is 44.2. The van der Waals surface area contributed by atoms with Crippen molar-refractivity contribution in [3.63, 3.8) is 0 Å². The molecule has 0 bridgehead atoms. The number of hydrogen-bond acceptors (Lipinski definition) is 4. The summed E-state index contributed by atoms with van der Waals surface area (Å²) in [5.41, 5.74) is 1.02. The number of nitrogens with zero attached hydrogens (tertiary/aromatic N) is 1. The molecule has 5 aromatic carbocycles. The fourth-order valence-electron chi connectivity index (χ4n) is 4.92. The van der Waals surface area contributed by atoms with Crippen molar-refractivity contribution in [2.45, 2.75) is 5.75 Å². The first kappa shape index (κ1) is 26.4. The molecule has 0 aromatic heterocycles. The van der Waals surface area contributed by atoms with Gasteiger partial charge in [-0.15, -0.1) is 0 Å². The highest BCUT2D eigenvalue weighted by Crippen LogP contribution is 2.49. The topological polar surface area (TPSA) is 77.3 Å². The van der Waals surface area contributed by atoms with E-state index < -0.39 is 21.6 Å². The molecule has 39 heavy (non-hydrogen) atoms. The van der Waals surface area contributed by atoms with E-state index in [-0.39, 0.29) is 16.1 Å². The van der Waals surface area contributed by atoms with Crippen LogP contribution in [0.4, 0.5) is 5.69 Å². The monoisotopic (exact) mass is 551 g/mol. The Hall–Kier alpha value is -4.25. The van der Waals surface area contributed by atoms with Gasteiger partial charge in [-0.25, -0.2) is 8.42 Å². The number of nitro benzene ring substituents is 1. The van der Waals surface area contributed by atoms with Gasteiger partial charge >= 0.3 is 0 Å². The summed E-state index contributed by atoms with van der Waals surface area (Å²) < 4.78 is 29.8. The first-order valence-electron chi connectivity index (χ1n) is 12.4. The lowest BCUT2D eigenvalue weighted by Crippen LogP contribution is -2.34. The lowest BCUT2D eigenvalue weighted by atomic mass is 10.2. The van der Waals surface area contributed by atoms with Crippen LogP contribution in [0.15, 0.2) is 146 Å². The van der Waals surface area contributed by atoms with E-state index in [1.807, 2.05) is 109 Å². The fraction of sp³-hybridized carbons (Fsp3) is 0.0312. The molecule has 194 valence electrons. The second kappa shape index (κ2) is 11.2. The summed E-state index contributed by atoms with van der Waals surface area (Å²) in [5.74, 6) is -0.200. The van der Waals surface area contributed by atoms with E-state index >= 15 is 0 Å². The second-order valence-corrected chi connectivity index (χ2v) is 14.6. The number of hydrogen-bond donors (Lipinski definition) is 0. The van der Waals surface area contributed by atoms with Gasteiger partial charge < -0.3 is 0 Å². The third-order valence-electron chi connectivity index (χ3n) is 6.55. The Kier molecular flexibility index (Phi) is 7.60. The van der Waals surface area contributed by atoms with E-state index in [0.29, 0.717) is 11.1 Å². The van der Waals surface area contributed by atoms with Crippen molar-refractivity contribution < 1.29 is 13.3 Å². The van der Waals surface area contributed by atoms with Gasteiger partial charge in [-0.3, -0.25) is 10.1 Å². The molecule has 0 saturated carbocycles. The van der Waals surface area contributed by atoms with Crippen molar-refractivity contribution in [1.82, 2.24) is 0 Å². The third kappa shape index (κ3) is 5.22. The van der Waals surface area contributed by atoms with E-state index in [1.165, 1.54) is 12.1 Å². The fourth-order valence-corrected chi connectivity index (χ4v) is 13.0. The number of nitro groups is 1. The minimum atomic E-state index is -3.97. The Morgan fingerprint density at radius 3 is 1.36 bits per heavy atom. The third-order valence-corrected chi connectivity index (χ3v) is 13.8. The van der Waals surface area contributed by atoms with Crippen LogP contribution in [0.5, 0.6) is 0 Å². The van der Waals surface area contributed by atoms with Crippen LogP contribution in [0.25, 0.3) is 0 Å². The summed E-state index contributed by atoms with van der Waals surface area (Å²) >= 11 is 0. The van der Waals surface area contributed by atoms with E-state index in [4.69, 9.17) is 0 Å². The quantitative estimate of drug-likeness (QED) is 0.141. The van der Waals surface area contributed by atoms with Gasteiger partial charge in [0.15, 0.2) is 9.84 Å². The van der Waals surface area contributed by atoms with Gasteiger partial charge in [-0.2, -0.15) is 0 Å². The second-order valence-electron chi connectivity index (χ2n) is 9.03. The lowest BCUT2D eigenvalue weighted by molar-refractivity contribution is -0.384. The molecule has 0 fully saturated rings. The molecule has 5 nitrogen and oxygen atoms in total. The predicted octanol–water partition coefficient (Wildman–Crippen LogP) is 5.68. The van der Waals surface area contributed by atoms with Gasteiger partial charge in [-0.05, 0) is 46.1 Å². The van der Waals surface area contributed by atoms with Crippen LogP contribution in [0.3, 0.4) is 0 Å². The van der Waals surface area contributed by atoms with Gasteiger partial charge in [0.1, 0.15) is 0 Å². The van der Waals surface area contributed by atoms with Crippen molar-refractivity contribution >= 4 is 42.9 Å². The van der Waals surface area contributed by atoms with E-state index in [1.54, 1.807) is 24.3 Å². The van der Waals surface area contributed by atoms with Crippen LogP contribution in [0, 0.1) is 10.1 Å². The Balaban J connectivity index is 2.02. The van der Waals surface area contributed by atoms with Gasteiger partial charge in [0.25, 0.3) is 5.69 Å². The maximum Gasteiger partial charge on any atom is 0.269 e. The number of sulfone groups is 1. The Morgan fingerprint density at radius 1 is 0.590 bits per heavy atom. The van der Waals surface area contributed by atoms with Crippen molar-refractivity contribution in [3.05, 3.63) is 167 Å². The maximum atomic E-state index is 14.7.